The van der Waals surface area contributed by atoms with E-state index in [-0.39, 0.29) is 11.7 Å². The summed E-state index contributed by atoms with van der Waals surface area (Å²) < 4.78 is 18.8. The van der Waals surface area contributed by atoms with Crippen LogP contribution in [-0.2, 0) is 0 Å². The average molecular weight is 263 g/mol. The van der Waals surface area contributed by atoms with E-state index in [1.807, 2.05) is 13.8 Å². The highest BCUT2D eigenvalue weighted by Crippen LogP contribution is 2.25. The molecule has 0 radical (unpaired) electrons. The van der Waals surface area contributed by atoms with Crippen LogP contribution in [0.5, 0.6) is 0 Å². The number of rotatable bonds is 4. The second-order valence-electron chi connectivity index (χ2n) is 5.01. The fourth-order valence-electron chi connectivity index (χ4n) is 1.89. The second-order valence-corrected chi connectivity index (χ2v) is 5.01. The Kier molecular flexibility index (Phi) is 3.95. The van der Waals surface area contributed by atoms with Crippen molar-refractivity contribution in [1.82, 2.24) is 10.1 Å². The first kappa shape index (κ1) is 13.7. The van der Waals surface area contributed by atoms with Crippen LogP contribution in [0, 0.1) is 18.7 Å². The lowest BCUT2D eigenvalue weighted by atomic mass is 9.96. The topological polar surface area (TPSA) is 64.9 Å². The quantitative estimate of drug-likeness (QED) is 0.921. The molecule has 0 aliphatic carbocycles. The molecule has 0 saturated heterocycles. The predicted molar refractivity (Wildman–Crippen MR) is 71.1 cm³/mol. The Morgan fingerprint density at radius 2 is 2.11 bits per heavy atom. The number of halogens is 1. The monoisotopic (exact) mass is 263 g/mol. The van der Waals surface area contributed by atoms with Crippen LogP contribution in [0.2, 0.25) is 0 Å². The third-order valence-electron chi connectivity index (χ3n) is 3.25. The third kappa shape index (κ3) is 2.81. The number of hydrogen-bond acceptors (Lipinski definition) is 4. The van der Waals surface area contributed by atoms with E-state index in [1.54, 1.807) is 19.1 Å². The standard InChI is InChI=1S/C14H18FN3O/c1-8(2)11(7-16)14-17-13(18-19-14)10-5-4-9(3)12(15)6-10/h4-6,8,11H,7,16H2,1-3H3. The molecule has 2 rings (SSSR count). The van der Waals surface area contributed by atoms with Crippen LogP contribution in [0.15, 0.2) is 22.7 Å². The molecule has 1 unspecified atom stereocenters. The van der Waals surface area contributed by atoms with Gasteiger partial charge in [-0.2, -0.15) is 4.98 Å². The zero-order valence-corrected chi connectivity index (χ0v) is 11.4. The molecule has 1 heterocycles. The Morgan fingerprint density at radius 1 is 1.37 bits per heavy atom. The minimum absolute atomic E-state index is 0.0246. The van der Waals surface area contributed by atoms with Gasteiger partial charge in [-0.25, -0.2) is 4.39 Å². The Labute approximate surface area is 111 Å². The minimum Gasteiger partial charge on any atom is -0.339 e. The first-order valence-electron chi connectivity index (χ1n) is 6.33. The van der Waals surface area contributed by atoms with Crippen LogP contribution in [-0.4, -0.2) is 16.7 Å². The number of benzene rings is 1. The van der Waals surface area contributed by atoms with E-state index in [1.165, 1.54) is 6.07 Å². The molecule has 19 heavy (non-hydrogen) atoms. The van der Waals surface area contributed by atoms with E-state index < -0.39 is 0 Å². The summed E-state index contributed by atoms with van der Waals surface area (Å²) in [4.78, 5) is 4.32. The van der Waals surface area contributed by atoms with Crippen molar-refractivity contribution < 1.29 is 8.91 Å². The first-order valence-corrected chi connectivity index (χ1v) is 6.33. The van der Waals surface area contributed by atoms with E-state index in [0.29, 0.717) is 35.3 Å². The molecule has 0 amide bonds. The number of aromatic nitrogens is 2. The van der Waals surface area contributed by atoms with Gasteiger partial charge < -0.3 is 10.3 Å². The number of nitrogens with two attached hydrogens (primary N) is 1. The third-order valence-corrected chi connectivity index (χ3v) is 3.25. The maximum atomic E-state index is 13.5. The molecule has 1 atom stereocenters. The van der Waals surface area contributed by atoms with Crippen LogP contribution in [0.3, 0.4) is 0 Å². The van der Waals surface area contributed by atoms with Gasteiger partial charge in [-0.15, -0.1) is 0 Å². The molecular weight excluding hydrogens is 245 g/mol. The van der Waals surface area contributed by atoms with E-state index in [9.17, 15) is 4.39 Å². The van der Waals surface area contributed by atoms with Gasteiger partial charge in [-0.05, 0) is 24.5 Å². The SMILES string of the molecule is Cc1ccc(-c2noc(C(CN)C(C)C)n2)cc1F. The molecule has 0 spiro atoms. The van der Waals surface area contributed by atoms with Crippen molar-refractivity contribution in [3.63, 3.8) is 0 Å². The Morgan fingerprint density at radius 3 is 2.68 bits per heavy atom. The summed E-state index contributed by atoms with van der Waals surface area (Å²) in [5, 5.41) is 3.90. The summed E-state index contributed by atoms with van der Waals surface area (Å²) >= 11 is 0. The van der Waals surface area contributed by atoms with Crippen molar-refractivity contribution in [3.05, 3.63) is 35.5 Å². The van der Waals surface area contributed by atoms with Gasteiger partial charge >= 0.3 is 0 Å². The molecule has 1 aromatic heterocycles. The molecule has 0 aliphatic heterocycles. The normalized spacial score (nSPS) is 12.9. The van der Waals surface area contributed by atoms with Gasteiger partial charge in [-0.1, -0.05) is 31.1 Å². The number of nitrogens with zero attached hydrogens (tertiary/aromatic N) is 2. The smallest absolute Gasteiger partial charge is 0.231 e. The maximum Gasteiger partial charge on any atom is 0.231 e. The molecule has 0 fully saturated rings. The molecule has 0 aliphatic rings. The number of aryl methyl sites for hydroxylation is 1. The Hall–Kier alpha value is -1.75. The van der Waals surface area contributed by atoms with Crippen molar-refractivity contribution in [3.8, 4) is 11.4 Å². The second kappa shape index (κ2) is 5.48. The van der Waals surface area contributed by atoms with Gasteiger partial charge in [0, 0.05) is 12.1 Å². The van der Waals surface area contributed by atoms with Crippen molar-refractivity contribution in [2.45, 2.75) is 26.7 Å². The van der Waals surface area contributed by atoms with Crippen LogP contribution < -0.4 is 5.73 Å². The van der Waals surface area contributed by atoms with Crippen LogP contribution in [0.25, 0.3) is 11.4 Å². The summed E-state index contributed by atoms with van der Waals surface area (Å²) in [5.74, 6) is 0.967. The van der Waals surface area contributed by atoms with Gasteiger partial charge in [0.1, 0.15) is 5.82 Å². The van der Waals surface area contributed by atoms with Gasteiger partial charge in [0.25, 0.3) is 0 Å². The van der Waals surface area contributed by atoms with Crippen LogP contribution in [0.4, 0.5) is 4.39 Å². The molecule has 1 aromatic carbocycles. The number of hydrogen-bond donors (Lipinski definition) is 1. The fraction of sp³-hybridized carbons (Fsp3) is 0.429. The highest BCUT2D eigenvalue weighted by atomic mass is 19.1. The average Bonchev–Trinajstić information content (AvgIpc) is 2.82. The zero-order valence-electron chi connectivity index (χ0n) is 11.4. The van der Waals surface area contributed by atoms with E-state index >= 15 is 0 Å². The molecule has 2 aromatic rings. The van der Waals surface area contributed by atoms with E-state index in [0.717, 1.165) is 0 Å². The summed E-state index contributed by atoms with van der Waals surface area (Å²) in [7, 11) is 0. The summed E-state index contributed by atoms with van der Waals surface area (Å²) in [6.07, 6.45) is 0. The predicted octanol–water partition coefficient (Wildman–Crippen LogP) is 2.88. The van der Waals surface area contributed by atoms with Gasteiger partial charge in [0.05, 0.1) is 5.92 Å². The molecule has 4 nitrogen and oxygen atoms in total. The zero-order chi connectivity index (χ0) is 14.0. The van der Waals surface area contributed by atoms with Crippen molar-refractivity contribution in [2.24, 2.45) is 11.7 Å². The lowest BCUT2D eigenvalue weighted by molar-refractivity contribution is 0.324. The van der Waals surface area contributed by atoms with Gasteiger partial charge in [-0.3, -0.25) is 0 Å². The molecule has 102 valence electrons. The van der Waals surface area contributed by atoms with Crippen molar-refractivity contribution >= 4 is 0 Å². The minimum atomic E-state index is -0.275. The van der Waals surface area contributed by atoms with Crippen LogP contribution >= 0.6 is 0 Å². The van der Waals surface area contributed by atoms with Gasteiger partial charge in [0.2, 0.25) is 11.7 Å². The Balaban J connectivity index is 2.32. The summed E-state index contributed by atoms with van der Waals surface area (Å²) in [6.45, 7) is 6.26. The molecule has 5 heteroatoms. The highest BCUT2D eigenvalue weighted by Gasteiger charge is 2.21. The lowest BCUT2D eigenvalue weighted by Gasteiger charge is -2.13. The van der Waals surface area contributed by atoms with Crippen molar-refractivity contribution in [2.75, 3.05) is 6.54 Å². The molecule has 0 bridgehead atoms. The van der Waals surface area contributed by atoms with Gasteiger partial charge in [0.15, 0.2) is 0 Å². The molecular formula is C14H18FN3O. The summed E-state index contributed by atoms with van der Waals surface area (Å²) in [5.41, 5.74) is 6.91. The van der Waals surface area contributed by atoms with Crippen molar-refractivity contribution in [1.29, 1.82) is 0 Å². The highest BCUT2D eigenvalue weighted by molar-refractivity contribution is 5.55. The fourth-order valence-corrected chi connectivity index (χ4v) is 1.89. The van der Waals surface area contributed by atoms with E-state index in [4.69, 9.17) is 10.3 Å². The molecule has 2 N–H and O–H groups in total. The summed E-state index contributed by atoms with van der Waals surface area (Å²) in [6, 6.07) is 4.89. The molecule has 0 saturated carbocycles. The largest absolute Gasteiger partial charge is 0.339 e. The first-order chi connectivity index (χ1) is 9.02. The lowest BCUT2D eigenvalue weighted by Crippen LogP contribution is -2.18. The maximum absolute atomic E-state index is 13.5. The van der Waals surface area contributed by atoms with E-state index in [2.05, 4.69) is 10.1 Å². The Bertz CT molecular complexity index is 566. The van der Waals surface area contributed by atoms with Crippen LogP contribution in [0.1, 0.15) is 31.2 Å².